The number of phosphoric ester groups is 1. The van der Waals surface area contributed by atoms with Gasteiger partial charge in [-0.1, -0.05) is 89.0 Å². The maximum absolute atomic E-state index is 11.8. The third kappa shape index (κ3) is 26.5. The van der Waals surface area contributed by atoms with Gasteiger partial charge >= 0.3 is 13.8 Å². The van der Waals surface area contributed by atoms with Crippen molar-refractivity contribution in [3.8, 4) is 0 Å². The number of aliphatic hydroxyl groups excluding tert-OH is 3. The number of hydrogen-bond acceptors (Lipinski definition) is 8. The number of unbranched alkanes of at least 4 members (excludes halogenated alkanes) is 12. The van der Waals surface area contributed by atoms with E-state index < -0.39 is 45.8 Å². The van der Waals surface area contributed by atoms with Crippen molar-refractivity contribution in [2.75, 3.05) is 26.4 Å². The minimum Gasteiger partial charge on any atom is -0.463 e. The Morgan fingerprint density at radius 1 is 0.737 bits per heavy atom. The molecule has 0 aliphatic carbocycles. The fourth-order valence-electron chi connectivity index (χ4n) is 3.55. The summed E-state index contributed by atoms with van der Waals surface area (Å²) in [7, 11) is -4.49. The molecule has 0 rings (SSSR count). The number of carbonyl (C=O) groups excluding carboxylic acids is 1. The first-order valence-corrected chi connectivity index (χ1v) is 15.8. The topological polar surface area (TPSA) is 143 Å². The van der Waals surface area contributed by atoms with Gasteiger partial charge in [0.05, 0.1) is 19.8 Å². The van der Waals surface area contributed by atoms with E-state index in [0.29, 0.717) is 0 Å². The number of hydrogen-bond donors (Lipinski definition) is 4. The highest BCUT2D eigenvalue weighted by Crippen LogP contribution is 2.43. The highest BCUT2D eigenvalue weighted by atomic mass is 31.2. The van der Waals surface area contributed by atoms with Crippen LogP contribution in [0, 0.1) is 0 Å². The van der Waals surface area contributed by atoms with Gasteiger partial charge in [0.1, 0.15) is 18.8 Å². The molecule has 9 nitrogen and oxygen atoms in total. The Labute approximate surface area is 229 Å². The summed E-state index contributed by atoms with van der Waals surface area (Å²) < 4.78 is 25.6. The van der Waals surface area contributed by atoms with E-state index in [2.05, 4.69) is 40.3 Å². The summed E-state index contributed by atoms with van der Waals surface area (Å²) in [4.78, 5) is 21.2. The molecule has 0 saturated heterocycles. The van der Waals surface area contributed by atoms with Crippen LogP contribution >= 0.6 is 7.82 Å². The van der Waals surface area contributed by atoms with Crippen LogP contribution < -0.4 is 0 Å². The maximum Gasteiger partial charge on any atom is 0.472 e. The van der Waals surface area contributed by atoms with Gasteiger partial charge in [0.15, 0.2) is 0 Å². The van der Waals surface area contributed by atoms with E-state index in [9.17, 15) is 19.4 Å². The fourth-order valence-corrected chi connectivity index (χ4v) is 4.34. The van der Waals surface area contributed by atoms with Crippen molar-refractivity contribution in [1.82, 2.24) is 0 Å². The highest BCUT2D eigenvalue weighted by Gasteiger charge is 2.24. The summed E-state index contributed by atoms with van der Waals surface area (Å²) in [6.07, 6.45) is 24.3. The maximum atomic E-state index is 11.8. The van der Waals surface area contributed by atoms with Crippen molar-refractivity contribution in [3.63, 3.8) is 0 Å². The molecule has 10 heteroatoms. The van der Waals surface area contributed by atoms with Crippen molar-refractivity contribution in [3.05, 3.63) is 24.3 Å². The smallest absolute Gasteiger partial charge is 0.463 e. The first kappa shape index (κ1) is 36.9. The molecular formula is C28H53O9P. The van der Waals surface area contributed by atoms with Gasteiger partial charge in [-0.2, -0.15) is 0 Å². The van der Waals surface area contributed by atoms with Gasteiger partial charge in [-0.05, 0) is 38.5 Å². The molecule has 0 spiro atoms. The van der Waals surface area contributed by atoms with Gasteiger partial charge < -0.3 is 24.9 Å². The molecule has 0 aromatic rings. The predicted octanol–water partition coefficient (Wildman–Crippen LogP) is 5.75. The predicted molar refractivity (Wildman–Crippen MR) is 150 cm³/mol. The molecular weight excluding hydrogens is 511 g/mol. The molecule has 0 bridgehead atoms. The lowest BCUT2D eigenvalue weighted by molar-refractivity contribution is -0.147. The Balaban J connectivity index is 3.51. The Kier molecular flexibility index (Phi) is 25.4. The Hall–Kier alpha value is -1.06. The molecule has 38 heavy (non-hydrogen) atoms. The highest BCUT2D eigenvalue weighted by molar-refractivity contribution is 7.47. The average molecular weight is 565 g/mol. The second kappa shape index (κ2) is 26.2. The molecule has 224 valence electrons. The third-order valence-corrected chi connectivity index (χ3v) is 6.79. The normalized spacial score (nSPS) is 15.2. The number of rotatable bonds is 27. The van der Waals surface area contributed by atoms with Crippen LogP contribution in [0.3, 0.4) is 0 Å². The molecule has 0 aliphatic heterocycles. The van der Waals surface area contributed by atoms with Gasteiger partial charge in [-0.25, -0.2) is 4.57 Å². The number of carbonyl (C=O) groups is 1. The van der Waals surface area contributed by atoms with E-state index in [4.69, 9.17) is 14.9 Å². The zero-order valence-corrected chi connectivity index (χ0v) is 24.3. The summed E-state index contributed by atoms with van der Waals surface area (Å²) in [5, 5.41) is 27.5. The van der Waals surface area contributed by atoms with Crippen LogP contribution in [0.15, 0.2) is 24.3 Å². The SMILES string of the molecule is CCCCC/C=C\C/C=C\CCCCCCCCCCCC(=O)OCC(O)COP(=O)(O)OCC(O)CO. The van der Waals surface area contributed by atoms with Crippen LogP contribution in [0.5, 0.6) is 0 Å². The standard InChI is InChI=1S/C28H53O9P/c1-2-3-4-5-6-7-8-9-10-11-12-13-14-15-16-17-18-19-20-21-28(32)35-23-27(31)25-37-38(33,34)36-24-26(30)22-29/h6-7,9-10,26-27,29-31H,2-5,8,11-25H2,1H3,(H,33,34)/b7-6-,10-9-. The van der Waals surface area contributed by atoms with Crippen LogP contribution in [0.2, 0.25) is 0 Å². The lowest BCUT2D eigenvalue weighted by Crippen LogP contribution is -2.24. The molecule has 4 N–H and O–H groups in total. The monoisotopic (exact) mass is 564 g/mol. The van der Waals surface area contributed by atoms with Crippen LogP contribution in [0.4, 0.5) is 0 Å². The second-order valence-electron chi connectivity index (χ2n) is 9.63. The number of phosphoric acid groups is 1. The quantitative estimate of drug-likeness (QED) is 0.0424. The molecule has 0 saturated carbocycles. The van der Waals surface area contributed by atoms with Gasteiger partial charge in [0.25, 0.3) is 0 Å². The largest absolute Gasteiger partial charge is 0.472 e. The lowest BCUT2D eigenvalue weighted by atomic mass is 10.1. The van der Waals surface area contributed by atoms with E-state index in [1.165, 1.54) is 57.8 Å². The molecule has 0 aromatic heterocycles. The minimum absolute atomic E-state index is 0.260. The summed E-state index contributed by atoms with van der Waals surface area (Å²) in [5.74, 6) is -0.435. The molecule has 0 amide bonds. The molecule has 0 fully saturated rings. The van der Waals surface area contributed by atoms with Crippen LogP contribution in [-0.4, -0.2) is 64.8 Å². The summed E-state index contributed by atoms with van der Waals surface area (Å²) in [5.41, 5.74) is 0. The summed E-state index contributed by atoms with van der Waals surface area (Å²) >= 11 is 0. The number of ether oxygens (including phenoxy) is 1. The van der Waals surface area contributed by atoms with E-state index >= 15 is 0 Å². The zero-order chi connectivity index (χ0) is 28.3. The van der Waals surface area contributed by atoms with E-state index in [0.717, 1.165) is 38.5 Å². The van der Waals surface area contributed by atoms with Gasteiger partial charge in [-0.15, -0.1) is 0 Å². The Morgan fingerprint density at radius 3 is 1.79 bits per heavy atom. The molecule has 0 radical (unpaired) electrons. The number of allylic oxidation sites excluding steroid dienone is 4. The molecule has 0 aromatic carbocycles. The van der Waals surface area contributed by atoms with Gasteiger partial charge in [0.2, 0.25) is 0 Å². The first-order valence-electron chi connectivity index (χ1n) is 14.3. The van der Waals surface area contributed by atoms with E-state index in [1.807, 2.05) is 0 Å². The Morgan fingerprint density at radius 2 is 1.24 bits per heavy atom. The van der Waals surface area contributed by atoms with Crippen LogP contribution in [-0.2, 0) is 23.1 Å². The van der Waals surface area contributed by atoms with Gasteiger partial charge in [0, 0.05) is 6.42 Å². The van der Waals surface area contributed by atoms with Crippen molar-refractivity contribution < 1.29 is 43.4 Å². The lowest BCUT2D eigenvalue weighted by Gasteiger charge is -2.16. The van der Waals surface area contributed by atoms with Crippen molar-refractivity contribution in [2.24, 2.45) is 0 Å². The Bertz CT molecular complexity index is 654. The minimum atomic E-state index is -4.49. The zero-order valence-electron chi connectivity index (χ0n) is 23.4. The van der Waals surface area contributed by atoms with E-state index in [-0.39, 0.29) is 13.0 Å². The van der Waals surface area contributed by atoms with E-state index in [1.54, 1.807) is 0 Å². The van der Waals surface area contributed by atoms with Gasteiger partial charge in [-0.3, -0.25) is 13.8 Å². The van der Waals surface area contributed by atoms with Crippen LogP contribution in [0.25, 0.3) is 0 Å². The molecule has 0 heterocycles. The van der Waals surface area contributed by atoms with Crippen molar-refractivity contribution in [1.29, 1.82) is 0 Å². The fraction of sp³-hybridized carbons (Fsp3) is 0.821. The summed E-state index contributed by atoms with van der Waals surface area (Å²) in [6.45, 7) is 0.0712. The molecule has 0 aliphatic rings. The van der Waals surface area contributed by atoms with Crippen LogP contribution in [0.1, 0.15) is 110 Å². The molecule has 3 unspecified atom stereocenters. The third-order valence-electron chi connectivity index (χ3n) is 5.84. The summed E-state index contributed by atoms with van der Waals surface area (Å²) in [6, 6.07) is 0. The molecule has 3 atom stereocenters. The number of aliphatic hydroxyl groups is 3. The first-order chi connectivity index (χ1) is 18.3. The number of esters is 1. The van der Waals surface area contributed by atoms with Crippen molar-refractivity contribution in [2.45, 2.75) is 122 Å². The van der Waals surface area contributed by atoms with Crippen molar-refractivity contribution >= 4 is 13.8 Å². The second-order valence-corrected chi connectivity index (χ2v) is 11.1. The average Bonchev–Trinajstić information content (AvgIpc) is 2.90.